The van der Waals surface area contributed by atoms with E-state index in [1.807, 2.05) is 6.92 Å². The van der Waals surface area contributed by atoms with Gasteiger partial charge in [-0.15, -0.1) is 11.3 Å². The zero-order valence-electron chi connectivity index (χ0n) is 6.96. The first-order valence-corrected chi connectivity index (χ1v) is 4.23. The van der Waals surface area contributed by atoms with Crippen LogP contribution in [0.25, 0.3) is 5.57 Å². The monoisotopic (exact) mass is 183 g/mol. The van der Waals surface area contributed by atoms with E-state index in [1.165, 1.54) is 18.4 Å². The summed E-state index contributed by atoms with van der Waals surface area (Å²) in [5.41, 5.74) is 1.20. The maximum absolute atomic E-state index is 10.9. The quantitative estimate of drug-likeness (QED) is 0.658. The fourth-order valence-electron chi connectivity index (χ4n) is 0.668. The Hall–Kier alpha value is -1.16. The van der Waals surface area contributed by atoms with Crippen molar-refractivity contribution in [3.8, 4) is 0 Å². The standard InChI is InChI=1S/C8H9NO2S/c1-5(2)7-9-6(4-12-7)8(10)11-3/h4H,1H2,2-3H3. The fourth-order valence-corrected chi connectivity index (χ4v) is 1.39. The van der Waals surface area contributed by atoms with E-state index in [9.17, 15) is 4.79 Å². The van der Waals surface area contributed by atoms with Crippen LogP contribution in [0.1, 0.15) is 22.4 Å². The van der Waals surface area contributed by atoms with Gasteiger partial charge in [0.25, 0.3) is 0 Å². The maximum atomic E-state index is 10.9. The second-order valence-corrected chi connectivity index (χ2v) is 3.17. The predicted octanol–water partition coefficient (Wildman–Crippen LogP) is 1.96. The molecule has 3 nitrogen and oxygen atoms in total. The van der Waals surface area contributed by atoms with E-state index < -0.39 is 5.97 Å². The van der Waals surface area contributed by atoms with Gasteiger partial charge in [0.15, 0.2) is 5.69 Å². The second-order valence-electron chi connectivity index (χ2n) is 2.31. The highest BCUT2D eigenvalue weighted by Gasteiger charge is 2.10. The molecule has 0 fully saturated rings. The molecule has 0 aromatic carbocycles. The van der Waals surface area contributed by atoms with Gasteiger partial charge >= 0.3 is 5.97 Å². The van der Waals surface area contributed by atoms with E-state index in [0.29, 0.717) is 5.69 Å². The van der Waals surface area contributed by atoms with Gasteiger partial charge in [-0.1, -0.05) is 6.58 Å². The minimum absolute atomic E-state index is 0.348. The SMILES string of the molecule is C=C(C)c1nc(C(=O)OC)cs1. The number of thiazole rings is 1. The Kier molecular flexibility index (Phi) is 2.60. The Morgan fingerprint density at radius 3 is 2.83 bits per heavy atom. The topological polar surface area (TPSA) is 39.2 Å². The van der Waals surface area contributed by atoms with E-state index in [2.05, 4.69) is 16.3 Å². The first-order valence-electron chi connectivity index (χ1n) is 3.35. The van der Waals surface area contributed by atoms with Crippen molar-refractivity contribution in [2.24, 2.45) is 0 Å². The number of carbonyl (C=O) groups is 1. The predicted molar refractivity (Wildman–Crippen MR) is 48.2 cm³/mol. The summed E-state index contributed by atoms with van der Waals surface area (Å²) in [6, 6.07) is 0. The molecule has 0 amide bonds. The van der Waals surface area contributed by atoms with Crippen LogP contribution in [0.15, 0.2) is 12.0 Å². The van der Waals surface area contributed by atoms with Gasteiger partial charge in [-0.2, -0.15) is 0 Å². The summed E-state index contributed by atoms with van der Waals surface area (Å²) < 4.78 is 4.50. The number of aromatic nitrogens is 1. The number of hydrogen-bond acceptors (Lipinski definition) is 4. The van der Waals surface area contributed by atoms with Crippen LogP contribution in [0.5, 0.6) is 0 Å². The average Bonchev–Trinajstić information content (AvgIpc) is 2.51. The van der Waals surface area contributed by atoms with Crippen LogP contribution in [-0.4, -0.2) is 18.1 Å². The smallest absolute Gasteiger partial charge is 0.357 e. The molecule has 1 rings (SSSR count). The molecule has 0 spiro atoms. The third-order valence-electron chi connectivity index (χ3n) is 1.26. The molecular formula is C8H9NO2S. The highest BCUT2D eigenvalue weighted by Crippen LogP contribution is 2.17. The summed E-state index contributed by atoms with van der Waals surface area (Å²) in [6.45, 7) is 5.57. The van der Waals surface area contributed by atoms with Crippen LogP contribution >= 0.6 is 11.3 Å². The first kappa shape index (κ1) is 8.93. The zero-order valence-corrected chi connectivity index (χ0v) is 7.77. The van der Waals surface area contributed by atoms with Crippen LogP contribution in [-0.2, 0) is 4.74 Å². The molecule has 0 radical (unpaired) electrons. The van der Waals surface area contributed by atoms with Gasteiger partial charge in [0.05, 0.1) is 7.11 Å². The molecule has 1 aromatic heterocycles. The summed E-state index contributed by atoms with van der Waals surface area (Å²) in [6.07, 6.45) is 0. The highest BCUT2D eigenvalue weighted by atomic mass is 32.1. The van der Waals surface area contributed by atoms with Gasteiger partial charge in [-0.05, 0) is 12.5 Å². The number of allylic oxidation sites excluding steroid dienone is 1. The first-order chi connectivity index (χ1) is 5.65. The van der Waals surface area contributed by atoms with Crippen LogP contribution in [0.3, 0.4) is 0 Å². The van der Waals surface area contributed by atoms with Gasteiger partial charge in [-0.3, -0.25) is 0 Å². The lowest BCUT2D eigenvalue weighted by atomic mass is 10.4. The van der Waals surface area contributed by atoms with Crippen LogP contribution in [0.2, 0.25) is 0 Å². The van der Waals surface area contributed by atoms with E-state index in [1.54, 1.807) is 5.38 Å². The Bertz CT molecular complexity index is 317. The second kappa shape index (κ2) is 3.49. The van der Waals surface area contributed by atoms with Gasteiger partial charge < -0.3 is 4.74 Å². The maximum Gasteiger partial charge on any atom is 0.357 e. The lowest BCUT2D eigenvalue weighted by molar-refractivity contribution is 0.0595. The molecule has 0 atom stereocenters. The number of ether oxygens (including phenoxy) is 1. The Morgan fingerprint density at radius 2 is 2.42 bits per heavy atom. The summed E-state index contributed by atoms with van der Waals surface area (Å²) in [5, 5.41) is 2.44. The third kappa shape index (κ3) is 1.71. The minimum atomic E-state index is -0.404. The molecule has 1 aromatic rings. The number of esters is 1. The van der Waals surface area contributed by atoms with Crippen molar-refractivity contribution >= 4 is 22.9 Å². The molecule has 4 heteroatoms. The van der Waals surface area contributed by atoms with Crippen molar-refractivity contribution in [3.05, 3.63) is 22.7 Å². The van der Waals surface area contributed by atoms with Crippen molar-refractivity contribution in [1.82, 2.24) is 4.98 Å². The molecule has 0 saturated heterocycles. The molecule has 0 aliphatic rings. The van der Waals surface area contributed by atoms with E-state index >= 15 is 0 Å². The van der Waals surface area contributed by atoms with Crippen molar-refractivity contribution in [2.75, 3.05) is 7.11 Å². The number of hydrogen-bond donors (Lipinski definition) is 0. The number of nitrogens with zero attached hydrogens (tertiary/aromatic N) is 1. The van der Waals surface area contributed by atoms with Crippen LogP contribution in [0, 0.1) is 0 Å². The number of rotatable bonds is 2. The number of methoxy groups -OCH3 is 1. The summed E-state index contributed by atoms with van der Waals surface area (Å²) in [4.78, 5) is 15.0. The van der Waals surface area contributed by atoms with Crippen molar-refractivity contribution in [2.45, 2.75) is 6.92 Å². The highest BCUT2D eigenvalue weighted by molar-refractivity contribution is 7.10. The molecule has 0 bridgehead atoms. The molecule has 0 N–H and O–H groups in total. The summed E-state index contributed by atoms with van der Waals surface area (Å²) >= 11 is 1.39. The van der Waals surface area contributed by atoms with Crippen molar-refractivity contribution in [1.29, 1.82) is 0 Å². The molecule has 1 heterocycles. The lowest BCUT2D eigenvalue weighted by Gasteiger charge is -1.91. The van der Waals surface area contributed by atoms with Gasteiger partial charge in [-0.25, -0.2) is 9.78 Å². The van der Waals surface area contributed by atoms with E-state index in [4.69, 9.17) is 0 Å². The fraction of sp³-hybridized carbons (Fsp3) is 0.250. The number of carbonyl (C=O) groups excluding carboxylic acids is 1. The summed E-state index contributed by atoms with van der Waals surface area (Å²) in [7, 11) is 1.34. The third-order valence-corrected chi connectivity index (χ3v) is 2.27. The molecule has 0 aliphatic heterocycles. The molecule has 0 aliphatic carbocycles. The van der Waals surface area contributed by atoms with Gasteiger partial charge in [0, 0.05) is 5.38 Å². The lowest BCUT2D eigenvalue weighted by Crippen LogP contribution is -2.01. The summed E-state index contributed by atoms with van der Waals surface area (Å²) in [5.74, 6) is -0.404. The molecular weight excluding hydrogens is 174 g/mol. The Morgan fingerprint density at radius 1 is 1.75 bits per heavy atom. The van der Waals surface area contributed by atoms with Crippen molar-refractivity contribution in [3.63, 3.8) is 0 Å². The minimum Gasteiger partial charge on any atom is -0.464 e. The Labute approximate surface area is 74.7 Å². The largest absolute Gasteiger partial charge is 0.464 e. The zero-order chi connectivity index (χ0) is 9.14. The van der Waals surface area contributed by atoms with Gasteiger partial charge in [0.1, 0.15) is 5.01 Å². The van der Waals surface area contributed by atoms with E-state index in [0.717, 1.165) is 10.6 Å². The average molecular weight is 183 g/mol. The van der Waals surface area contributed by atoms with Crippen molar-refractivity contribution < 1.29 is 9.53 Å². The molecule has 12 heavy (non-hydrogen) atoms. The normalized spacial score (nSPS) is 9.50. The molecule has 64 valence electrons. The Balaban J connectivity index is 2.91. The van der Waals surface area contributed by atoms with Gasteiger partial charge in [0.2, 0.25) is 0 Å². The van der Waals surface area contributed by atoms with E-state index in [-0.39, 0.29) is 0 Å². The molecule has 0 saturated carbocycles. The molecule has 0 unspecified atom stereocenters. The van der Waals surface area contributed by atoms with Crippen LogP contribution in [0.4, 0.5) is 0 Å². The van der Waals surface area contributed by atoms with Crippen LogP contribution < -0.4 is 0 Å².